The minimum Gasteiger partial charge on any atom is -0.489 e. The third kappa shape index (κ3) is 19.9. The van der Waals surface area contributed by atoms with Gasteiger partial charge in [-0.1, -0.05) is 173 Å². The predicted octanol–water partition coefficient (Wildman–Crippen LogP) is 11.9. The number of esters is 2. The van der Waals surface area contributed by atoms with Crippen molar-refractivity contribution in [2.45, 2.75) is 130 Å². The van der Waals surface area contributed by atoms with E-state index < -0.39 is 61.8 Å². The maximum Gasteiger partial charge on any atom is 0.408 e. The summed E-state index contributed by atoms with van der Waals surface area (Å²) in [6.07, 6.45) is -1.20. The number of carbonyl (C=O) groups is 5. The zero-order valence-corrected chi connectivity index (χ0v) is 47.2. The Labute approximate surface area is 460 Å². The standard InChI is InChI=1S/C63H75N3O11Si/c1-9-44(2)57(60(69)75-42-47-26-18-12-19-27-47)66-58(67)53(64-62(71)77-63(3,4)5)38-51-36-49(30-32-55(51)73-40-45-22-14-10-15-23-45)50-31-33-56(74-41-46-24-16-11-17-25-46)52(37-50)39-54(59(68)72-34-35-78(6,7)8)65-61(70)76-43-48-28-20-13-21-29-48/h10-33,36-37,44,53-54,57H,9,34-35,38-43H2,1-8H3,(H,64,71)(H,65,70)(H,66,67)/t44-,53+,54+,57?/m1/s1. The van der Waals surface area contributed by atoms with E-state index in [2.05, 4.69) is 35.6 Å². The second kappa shape index (κ2) is 29.0. The molecule has 0 saturated carbocycles. The molecule has 0 fully saturated rings. The second-order valence-corrected chi connectivity index (χ2v) is 27.1. The maximum absolute atomic E-state index is 14.7. The Kier molecular flexibility index (Phi) is 22.1. The van der Waals surface area contributed by atoms with E-state index in [1.54, 1.807) is 26.8 Å². The molecule has 0 aliphatic heterocycles. The number of carbonyl (C=O) groups excluding carboxylic acids is 5. The Hall–Kier alpha value is -7.91. The molecule has 0 aliphatic carbocycles. The van der Waals surface area contributed by atoms with Gasteiger partial charge in [-0.2, -0.15) is 0 Å². The lowest BCUT2D eigenvalue weighted by atomic mass is 9.94. The average Bonchev–Trinajstić information content (AvgIpc) is 3.42. The monoisotopic (exact) mass is 1080 g/mol. The first-order valence-corrected chi connectivity index (χ1v) is 30.3. The molecule has 14 nitrogen and oxygen atoms in total. The Bertz CT molecular complexity index is 2880. The lowest BCUT2D eigenvalue weighted by molar-refractivity contribution is -0.151. The highest BCUT2D eigenvalue weighted by molar-refractivity contribution is 6.76. The fourth-order valence-corrected chi connectivity index (χ4v) is 8.80. The van der Waals surface area contributed by atoms with Gasteiger partial charge >= 0.3 is 24.1 Å². The van der Waals surface area contributed by atoms with Crippen molar-refractivity contribution in [2.24, 2.45) is 5.92 Å². The van der Waals surface area contributed by atoms with Crippen LogP contribution in [0.25, 0.3) is 11.1 Å². The zero-order valence-electron chi connectivity index (χ0n) is 46.2. The molecule has 0 heterocycles. The second-order valence-electron chi connectivity index (χ2n) is 21.5. The average molecular weight is 1080 g/mol. The van der Waals surface area contributed by atoms with Crippen LogP contribution in [0.4, 0.5) is 9.59 Å². The highest BCUT2D eigenvalue weighted by atomic mass is 28.3. The van der Waals surface area contributed by atoms with Gasteiger partial charge in [0.15, 0.2) is 0 Å². The molecule has 0 spiro atoms. The third-order valence-corrected chi connectivity index (χ3v) is 14.4. The fourth-order valence-electron chi connectivity index (χ4n) is 8.09. The van der Waals surface area contributed by atoms with E-state index >= 15 is 0 Å². The van der Waals surface area contributed by atoms with Gasteiger partial charge in [0, 0.05) is 20.9 Å². The maximum atomic E-state index is 14.7. The van der Waals surface area contributed by atoms with E-state index in [1.165, 1.54) is 0 Å². The minimum atomic E-state index is -1.60. The van der Waals surface area contributed by atoms with E-state index in [1.807, 2.05) is 166 Å². The topological polar surface area (TPSA) is 177 Å². The van der Waals surface area contributed by atoms with Crippen molar-refractivity contribution in [1.29, 1.82) is 0 Å². The largest absolute Gasteiger partial charge is 0.489 e. The predicted molar refractivity (Wildman–Crippen MR) is 304 cm³/mol. The van der Waals surface area contributed by atoms with Gasteiger partial charge in [-0.3, -0.25) is 4.79 Å². The van der Waals surface area contributed by atoms with Crippen LogP contribution in [0.1, 0.15) is 74.4 Å². The van der Waals surface area contributed by atoms with Crippen molar-refractivity contribution in [3.63, 3.8) is 0 Å². The van der Waals surface area contributed by atoms with Gasteiger partial charge in [0.1, 0.15) is 61.7 Å². The number of hydrogen-bond donors (Lipinski definition) is 3. The van der Waals surface area contributed by atoms with Crippen LogP contribution in [0, 0.1) is 5.92 Å². The number of amides is 3. The lowest BCUT2D eigenvalue weighted by Crippen LogP contribution is -2.55. The van der Waals surface area contributed by atoms with E-state index in [0.717, 1.165) is 28.3 Å². The molecule has 6 aromatic carbocycles. The Balaban J connectivity index is 1.38. The van der Waals surface area contributed by atoms with Crippen LogP contribution >= 0.6 is 0 Å². The summed E-state index contributed by atoms with van der Waals surface area (Å²) in [5, 5.41) is 8.49. The molecular formula is C63H75N3O11Si. The summed E-state index contributed by atoms with van der Waals surface area (Å²) in [4.78, 5) is 69.6. The number of rotatable bonds is 26. The molecule has 0 bridgehead atoms. The van der Waals surface area contributed by atoms with Gasteiger partial charge in [-0.15, -0.1) is 0 Å². The van der Waals surface area contributed by atoms with Gasteiger partial charge in [-0.25, -0.2) is 19.2 Å². The van der Waals surface area contributed by atoms with Crippen molar-refractivity contribution in [3.8, 4) is 22.6 Å². The number of hydrogen-bond acceptors (Lipinski definition) is 11. The summed E-state index contributed by atoms with van der Waals surface area (Å²) in [7, 11) is -1.60. The van der Waals surface area contributed by atoms with E-state index in [-0.39, 0.29) is 51.8 Å². The van der Waals surface area contributed by atoms with Gasteiger partial charge in [0.05, 0.1) is 6.61 Å². The van der Waals surface area contributed by atoms with E-state index in [9.17, 15) is 24.0 Å². The van der Waals surface area contributed by atoms with Crippen molar-refractivity contribution in [2.75, 3.05) is 6.61 Å². The molecule has 4 atom stereocenters. The van der Waals surface area contributed by atoms with Crippen LogP contribution in [0.3, 0.4) is 0 Å². The molecule has 15 heteroatoms. The Morgan fingerprint density at radius 3 is 1.40 bits per heavy atom. The summed E-state index contributed by atoms with van der Waals surface area (Å²) < 4.78 is 35.8. The molecular weight excluding hydrogens is 1000 g/mol. The molecule has 412 valence electrons. The molecule has 1 unspecified atom stereocenters. The Morgan fingerprint density at radius 1 is 0.513 bits per heavy atom. The van der Waals surface area contributed by atoms with Crippen LogP contribution in [0.5, 0.6) is 11.5 Å². The highest BCUT2D eigenvalue weighted by Crippen LogP contribution is 2.33. The van der Waals surface area contributed by atoms with Crippen LogP contribution in [0.2, 0.25) is 25.7 Å². The quantitative estimate of drug-likeness (QED) is 0.0268. The summed E-state index contributed by atoms with van der Waals surface area (Å²) in [6, 6.07) is 46.2. The Morgan fingerprint density at radius 2 is 0.949 bits per heavy atom. The fraction of sp³-hybridized carbons (Fsp3) is 0.349. The summed E-state index contributed by atoms with van der Waals surface area (Å²) in [5.41, 5.74) is 5.02. The minimum absolute atomic E-state index is 0.00602. The lowest BCUT2D eigenvalue weighted by Gasteiger charge is -2.27. The molecule has 0 aromatic heterocycles. The van der Waals surface area contributed by atoms with Gasteiger partial charge in [-0.05, 0) is 102 Å². The number of alkyl carbamates (subject to hydrolysis) is 2. The van der Waals surface area contributed by atoms with Crippen LogP contribution < -0.4 is 25.4 Å². The smallest absolute Gasteiger partial charge is 0.408 e. The molecule has 6 aromatic rings. The summed E-state index contributed by atoms with van der Waals surface area (Å²) >= 11 is 0. The van der Waals surface area contributed by atoms with E-state index in [4.69, 9.17) is 28.4 Å². The first-order chi connectivity index (χ1) is 37.3. The molecule has 3 N–H and O–H groups in total. The summed E-state index contributed by atoms with van der Waals surface area (Å²) in [5.74, 6) is -1.28. The van der Waals surface area contributed by atoms with E-state index in [0.29, 0.717) is 40.2 Å². The highest BCUT2D eigenvalue weighted by Gasteiger charge is 2.33. The number of benzene rings is 6. The molecule has 0 saturated heterocycles. The van der Waals surface area contributed by atoms with Crippen molar-refractivity contribution >= 4 is 38.1 Å². The zero-order chi connectivity index (χ0) is 56.1. The van der Waals surface area contributed by atoms with Gasteiger partial charge in [0.2, 0.25) is 5.91 Å². The van der Waals surface area contributed by atoms with Gasteiger partial charge < -0.3 is 44.4 Å². The van der Waals surface area contributed by atoms with Crippen LogP contribution in [0.15, 0.2) is 158 Å². The third-order valence-electron chi connectivity index (χ3n) is 12.7. The van der Waals surface area contributed by atoms with Crippen LogP contribution in [-0.4, -0.2) is 68.4 Å². The first kappa shape index (κ1) is 59.3. The molecule has 0 aliphatic rings. The number of nitrogens with one attached hydrogen (secondary N) is 3. The van der Waals surface area contributed by atoms with Gasteiger partial charge in [0.25, 0.3) is 0 Å². The molecule has 3 amide bonds. The normalized spacial score (nSPS) is 12.9. The van der Waals surface area contributed by atoms with Crippen molar-refractivity contribution in [3.05, 3.63) is 191 Å². The molecule has 6 rings (SSSR count). The first-order valence-electron chi connectivity index (χ1n) is 26.6. The van der Waals surface area contributed by atoms with Crippen molar-refractivity contribution < 1.29 is 52.4 Å². The van der Waals surface area contributed by atoms with Crippen LogP contribution in [-0.2, 0) is 72.6 Å². The van der Waals surface area contributed by atoms with Crippen molar-refractivity contribution in [1.82, 2.24) is 16.0 Å². The molecule has 0 radical (unpaired) electrons. The molecule has 78 heavy (non-hydrogen) atoms. The summed E-state index contributed by atoms with van der Waals surface area (Å²) in [6.45, 7) is 16.1. The number of ether oxygens (including phenoxy) is 6. The SMILES string of the molecule is CC[C@@H](C)C(NC(=O)[C@H](Cc1cc(-c2ccc(OCc3ccccc3)c(C[C@H](NC(=O)OCc3ccccc3)C(=O)OCC[Si](C)(C)C)c2)ccc1OCc1ccccc1)NC(=O)OC(C)(C)C)C(=O)OCc1ccccc1.